The Balaban J connectivity index is 2.56. The third-order valence-electron chi connectivity index (χ3n) is 3.92. The molecule has 1 saturated heterocycles. The van der Waals surface area contributed by atoms with Crippen LogP contribution in [0.15, 0.2) is 0 Å². The summed E-state index contributed by atoms with van der Waals surface area (Å²) in [5, 5.41) is 0. The molecule has 0 radical (unpaired) electrons. The van der Waals surface area contributed by atoms with Gasteiger partial charge in [-0.3, -0.25) is 0 Å². The maximum absolute atomic E-state index is 12.7. The fourth-order valence-electron chi connectivity index (χ4n) is 2.86. The molecule has 1 rings (SSSR count). The van der Waals surface area contributed by atoms with Gasteiger partial charge >= 0.3 is 6.18 Å². The van der Waals surface area contributed by atoms with Gasteiger partial charge in [-0.25, -0.2) is 0 Å². The van der Waals surface area contributed by atoms with Crippen molar-refractivity contribution < 1.29 is 13.2 Å². The summed E-state index contributed by atoms with van der Waals surface area (Å²) in [5.41, 5.74) is 5.73. The molecule has 2 N–H and O–H groups in total. The first-order valence-electron chi connectivity index (χ1n) is 6.80. The Labute approximate surface area is 108 Å². The lowest BCUT2D eigenvalue weighted by Crippen LogP contribution is -2.47. The van der Waals surface area contributed by atoms with Crippen molar-refractivity contribution in [1.82, 2.24) is 4.90 Å². The highest BCUT2D eigenvalue weighted by molar-refractivity contribution is 4.84. The molecule has 1 aliphatic rings. The number of halogens is 3. The molecule has 0 aromatic carbocycles. The molecule has 0 aromatic heterocycles. The molecule has 0 saturated carbocycles. The Bertz CT molecular complexity index is 255. The van der Waals surface area contributed by atoms with E-state index in [1.165, 1.54) is 0 Å². The lowest BCUT2D eigenvalue weighted by atomic mass is 9.84. The van der Waals surface area contributed by atoms with Gasteiger partial charge in [-0.15, -0.1) is 0 Å². The second-order valence-corrected chi connectivity index (χ2v) is 5.88. The van der Waals surface area contributed by atoms with E-state index in [4.69, 9.17) is 5.73 Å². The van der Waals surface area contributed by atoms with Crippen molar-refractivity contribution in [2.75, 3.05) is 26.2 Å². The monoisotopic (exact) mass is 266 g/mol. The molecule has 0 spiro atoms. The Morgan fingerprint density at radius 3 is 2.50 bits per heavy atom. The van der Waals surface area contributed by atoms with E-state index in [9.17, 15) is 13.2 Å². The first-order valence-corrected chi connectivity index (χ1v) is 6.80. The molecule has 2 nitrogen and oxygen atoms in total. The molecule has 2 atom stereocenters. The van der Waals surface area contributed by atoms with E-state index < -0.39 is 12.1 Å². The van der Waals surface area contributed by atoms with Crippen LogP contribution in [-0.2, 0) is 0 Å². The summed E-state index contributed by atoms with van der Waals surface area (Å²) in [6.07, 6.45) is -1.16. The number of nitrogens with zero attached hydrogens (tertiary/aromatic N) is 1. The van der Waals surface area contributed by atoms with Gasteiger partial charge in [0.05, 0.1) is 5.92 Å². The van der Waals surface area contributed by atoms with E-state index in [1.807, 2.05) is 4.90 Å². The summed E-state index contributed by atoms with van der Waals surface area (Å²) in [6, 6.07) is 0. The van der Waals surface area contributed by atoms with Crippen LogP contribution in [0.4, 0.5) is 13.2 Å². The van der Waals surface area contributed by atoms with Crippen LogP contribution in [0.3, 0.4) is 0 Å². The van der Waals surface area contributed by atoms with E-state index >= 15 is 0 Å². The minimum atomic E-state index is -4.05. The second-order valence-electron chi connectivity index (χ2n) is 5.88. The van der Waals surface area contributed by atoms with Crippen LogP contribution in [0.5, 0.6) is 0 Å². The van der Waals surface area contributed by atoms with Gasteiger partial charge in [-0.2, -0.15) is 13.2 Å². The zero-order valence-electron chi connectivity index (χ0n) is 11.4. The third-order valence-corrected chi connectivity index (χ3v) is 3.92. The standard InChI is InChI=1S/C13H25F3N2/c1-3-6-12(2,9-17)10-18-7-4-5-11(8-18)13(14,15)16/h11H,3-10,17H2,1-2H3. The van der Waals surface area contributed by atoms with E-state index in [1.54, 1.807) is 0 Å². The lowest BCUT2D eigenvalue weighted by molar-refractivity contribution is -0.187. The molecule has 18 heavy (non-hydrogen) atoms. The Kier molecular flexibility index (Phi) is 5.46. The fourth-order valence-corrected chi connectivity index (χ4v) is 2.86. The number of alkyl halides is 3. The molecular weight excluding hydrogens is 241 g/mol. The smallest absolute Gasteiger partial charge is 0.330 e. The zero-order valence-corrected chi connectivity index (χ0v) is 11.4. The Hall–Kier alpha value is -0.290. The molecule has 0 aliphatic carbocycles. The van der Waals surface area contributed by atoms with E-state index in [0.29, 0.717) is 19.5 Å². The summed E-state index contributed by atoms with van der Waals surface area (Å²) in [5.74, 6) is -1.16. The van der Waals surface area contributed by atoms with Gasteiger partial charge in [0.15, 0.2) is 0 Å². The summed E-state index contributed by atoms with van der Waals surface area (Å²) in [7, 11) is 0. The first-order chi connectivity index (χ1) is 8.30. The topological polar surface area (TPSA) is 29.3 Å². The molecule has 0 bridgehead atoms. The summed E-state index contributed by atoms with van der Waals surface area (Å²) in [6.45, 7) is 6.29. The molecule has 0 aromatic rings. The number of nitrogens with two attached hydrogens (primary N) is 1. The average molecular weight is 266 g/mol. The number of rotatable bonds is 5. The quantitative estimate of drug-likeness (QED) is 0.828. The van der Waals surface area contributed by atoms with Gasteiger partial charge in [0.1, 0.15) is 0 Å². The summed E-state index contributed by atoms with van der Waals surface area (Å²) in [4.78, 5) is 1.95. The van der Waals surface area contributed by atoms with Crippen molar-refractivity contribution in [2.24, 2.45) is 17.1 Å². The predicted molar refractivity (Wildman–Crippen MR) is 67.3 cm³/mol. The third kappa shape index (κ3) is 4.43. The van der Waals surface area contributed by atoms with Gasteiger partial charge in [0.25, 0.3) is 0 Å². The second kappa shape index (κ2) is 6.24. The molecular formula is C13H25F3N2. The van der Waals surface area contributed by atoms with Gasteiger partial charge in [-0.05, 0) is 37.8 Å². The summed E-state index contributed by atoms with van der Waals surface area (Å²) < 4.78 is 38.2. The minimum absolute atomic E-state index is 0.0533. The predicted octanol–water partition coefficient (Wildman–Crippen LogP) is 3.03. The lowest BCUT2D eigenvalue weighted by Gasteiger charge is -2.39. The Morgan fingerprint density at radius 2 is 2.00 bits per heavy atom. The molecule has 1 aliphatic heterocycles. The maximum Gasteiger partial charge on any atom is 0.393 e. The van der Waals surface area contributed by atoms with Crippen LogP contribution in [0.1, 0.15) is 39.5 Å². The number of hydrogen-bond donors (Lipinski definition) is 1. The van der Waals surface area contributed by atoms with Crippen LogP contribution in [0, 0.1) is 11.3 Å². The minimum Gasteiger partial charge on any atom is -0.330 e. The van der Waals surface area contributed by atoms with Crippen molar-refractivity contribution in [2.45, 2.75) is 45.7 Å². The van der Waals surface area contributed by atoms with Crippen LogP contribution >= 0.6 is 0 Å². The molecule has 108 valence electrons. The SMILES string of the molecule is CCCC(C)(CN)CN1CCCC(C(F)(F)F)C1. The number of hydrogen-bond acceptors (Lipinski definition) is 2. The van der Waals surface area contributed by atoms with Crippen LogP contribution in [0.25, 0.3) is 0 Å². The highest BCUT2D eigenvalue weighted by Crippen LogP contribution is 2.34. The van der Waals surface area contributed by atoms with Crippen molar-refractivity contribution in [1.29, 1.82) is 0 Å². The number of likely N-dealkylation sites (tertiary alicyclic amines) is 1. The van der Waals surface area contributed by atoms with E-state index in [-0.39, 0.29) is 18.4 Å². The average Bonchev–Trinajstić information content (AvgIpc) is 2.28. The van der Waals surface area contributed by atoms with Crippen LogP contribution in [0.2, 0.25) is 0 Å². The van der Waals surface area contributed by atoms with E-state index in [2.05, 4.69) is 13.8 Å². The normalized spacial score (nSPS) is 26.0. The molecule has 1 heterocycles. The van der Waals surface area contributed by atoms with Crippen LogP contribution < -0.4 is 5.73 Å². The van der Waals surface area contributed by atoms with E-state index in [0.717, 1.165) is 19.4 Å². The zero-order chi connectivity index (χ0) is 13.8. The highest BCUT2D eigenvalue weighted by atomic mass is 19.4. The van der Waals surface area contributed by atoms with Crippen LogP contribution in [-0.4, -0.2) is 37.3 Å². The van der Waals surface area contributed by atoms with Crippen molar-refractivity contribution in [3.05, 3.63) is 0 Å². The molecule has 2 unspecified atom stereocenters. The molecule has 1 fully saturated rings. The van der Waals surface area contributed by atoms with Crippen molar-refractivity contribution in [3.63, 3.8) is 0 Å². The highest BCUT2D eigenvalue weighted by Gasteiger charge is 2.42. The first kappa shape index (κ1) is 15.8. The van der Waals surface area contributed by atoms with Crippen molar-refractivity contribution >= 4 is 0 Å². The Morgan fingerprint density at radius 1 is 1.33 bits per heavy atom. The van der Waals surface area contributed by atoms with Gasteiger partial charge in [-0.1, -0.05) is 20.3 Å². The fraction of sp³-hybridized carbons (Fsp3) is 1.00. The molecule has 0 amide bonds. The van der Waals surface area contributed by atoms with Gasteiger partial charge in [0.2, 0.25) is 0 Å². The van der Waals surface area contributed by atoms with Crippen molar-refractivity contribution in [3.8, 4) is 0 Å². The maximum atomic E-state index is 12.7. The largest absolute Gasteiger partial charge is 0.393 e. The molecule has 5 heteroatoms. The number of piperidine rings is 1. The summed E-state index contributed by atoms with van der Waals surface area (Å²) >= 11 is 0. The van der Waals surface area contributed by atoms with Gasteiger partial charge in [0, 0.05) is 13.1 Å². The van der Waals surface area contributed by atoms with Gasteiger partial charge < -0.3 is 10.6 Å².